The fourth-order valence-electron chi connectivity index (χ4n) is 8.94. The maximum Gasteiger partial charge on any atom is 0.113 e. The highest BCUT2D eigenvalue weighted by atomic mass is 28.3. The highest BCUT2D eigenvalue weighted by Crippen LogP contribution is 2.67. The summed E-state index contributed by atoms with van der Waals surface area (Å²) >= 11 is 0. The molecule has 2 unspecified atom stereocenters. The van der Waals surface area contributed by atoms with Gasteiger partial charge in [-0.15, -0.1) is 0 Å². The van der Waals surface area contributed by atoms with Crippen LogP contribution >= 0.6 is 0 Å². The minimum absolute atomic E-state index is 0.364. The molecule has 3 saturated carbocycles. The summed E-state index contributed by atoms with van der Waals surface area (Å²) in [6.07, 6.45) is 5.81. The first-order valence-corrected chi connectivity index (χ1v) is 17.6. The van der Waals surface area contributed by atoms with Crippen LogP contribution in [0.4, 0.5) is 11.4 Å². The third kappa shape index (κ3) is 3.29. The minimum Gasteiger partial charge on any atom is -0.356 e. The molecule has 4 aromatic carbocycles. The van der Waals surface area contributed by atoms with Gasteiger partial charge in [0.25, 0.3) is 0 Å². The molecule has 3 aliphatic carbocycles. The number of fused-ring (bicyclic) bond motifs is 3. The average Bonchev–Trinajstić information content (AvgIpc) is 3.13. The molecule has 0 bridgehead atoms. The average molecular weight is 512 g/mol. The normalized spacial score (nSPS) is 29.3. The summed E-state index contributed by atoms with van der Waals surface area (Å²) in [5.74, 6) is 4.19. The zero-order valence-electron chi connectivity index (χ0n) is 22.8. The Balaban J connectivity index is 1.06. The van der Waals surface area contributed by atoms with Gasteiger partial charge in [0.2, 0.25) is 0 Å². The molecule has 2 atom stereocenters. The first-order valence-electron chi connectivity index (χ1n) is 14.6. The molecule has 8 rings (SSSR count). The van der Waals surface area contributed by atoms with E-state index in [1.165, 1.54) is 59.3 Å². The van der Waals surface area contributed by atoms with Gasteiger partial charge < -0.3 is 5.32 Å². The van der Waals surface area contributed by atoms with Crippen LogP contribution in [0.2, 0.25) is 13.1 Å². The smallest absolute Gasteiger partial charge is 0.113 e. The Morgan fingerprint density at radius 2 is 1.37 bits per heavy atom. The van der Waals surface area contributed by atoms with Crippen LogP contribution in [0.1, 0.15) is 38.2 Å². The van der Waals surface area contributed by atoms with E-state index < -0.39 is 8.07 Å². The van der Waals surface area contributed by atoms with Crippen LogP contribution in [-0.4, -0.2) is 8.07 Å². The molecule has 3 fully saturated rings. The number of hydrogen-bond acceptors (Lipinski definition) is 1. The van der Waals surface area contributed by atoms with Gasteiger partial charge in [0, 0.05) is 11.4 Å². The summed E-state index contributed by atoms with van der Waals surface area (Å²) in [5, 5.41) is 6.84. The van der Waals surface area contributed by atoms with E-state index in [-0.39, 0.29) is 0 Å². The Hall–Kier alpha value is -3.10. The lowest BCUT2D eigenvalue weighted by Gasteiger charge is -2.65. The predicted molar refractivity (Wildman–Crippen MR) is 164 cm³/mol. The van der Waals surface area contributed by atoms with E-state index in [1.807, 2.05) is 0 Å². The lowest BCUT2D eigenvalue weighted by molar-refractivity contribution is -0.141. The minimum atomic E-state index is -1.74. The molecule has 0 aromatic heterocycles. The summed E-state index contributed by atoms with van der Waals surface area (Å²) < 4.78 is 0. The summed E-state index contributed by atoms with van der Waals surface area (Å²) in [5.41, 5.74) is 9.76. The molecular weight excluding hydrogens is 474 g/mol. The largest absolute Gasteiger partial charge is 0.356 e. The van der Waals surface area contributed by atoms with E-state index in [0.29, 0.717) is 5.41 Å². The Morgan fingerprint density at radius 1 is 0.658 bits per heavy atom. The molecule has 1 heterocycles. The summed E-state index contributed by atoms with van der Waals surface area (Å²) in [4.78, 5) is 0. The summed E-state index contributed by atoms with van der Waals surface area (Å²) in [7, 11) is -1.74. The Morgan fingerprint density at radius 3 is 2.08 bits per heavy atom. The van der Waals surface area contributed by atoms with Gasteiger partial charge >= 0.3 is 0 Å². The highest BCUT2D eigenvalue weighted by Gasteiger charge is 2.59. The van der Waals surface area contributed by atoms with E-state index >= 15 is 0 Å². The Labute approximate surface area is 228 Å². The molecule has 1 aliphatic heterocycles. The van der Waals surface area contributed by atoms with Crippen molar-refractivity contribution in [2.24, 2.45) is 23.7 Å². The fraction of sp³-hybridized carbons (Fsp3) is 0.333. The molecular formula is C36H37NSi. The fourth-order valence-corrected chi connectivity index (χ4v) is 12.0. The molecule has 190 valence electrons. The van der Waals surface area contributed by atoms with Crippen molar-refractivity contribution < 1.29 is 0 Å². The predicted octanol–water partition coefficient (Wildman–Crippen LogP) is 8.22. The first-order chi connectivity index (χ1) is 18.4. The van der Waals surface area contributed by atoms with Crippen LogP contribution in [0.15, 0.2) is 91.0 Å². The van der Waals surface area contributed by atoms with Gasteiger partial charge in [-0.1, -0.05) is 80.7 Å². The molecule has 1 N–H and O–H groups in total. The molecule has 4 aliphatic rings. The molecule has 2 heteroatoms. The summed E-state index contributed by atoms with van der Waals surface area (Å²) in [6, 6.07) is 34.4. The quantitative estimate of drug-likeness (QED) is 0.272. The van der Waals surface area contributed by atoms with Crippen molar-refractivity contribution in [1.29, 1.82) is 0 Å². The van der Waals surface area contributed by atoms with Crippen molar-refractivity contribution in [1.82, 2.24) is 0 Å². The van der Waals surface area contributed by atoms with Crippen molar-refractivity contribution >= 4 is 29.8 Å². The van der Waals surface area contributed by atoms with E-state index in [2.05, 4.69) is 116 Å². The molecule has 0 amide bonds. The molecule has 0 spiro atoms. The van der Waals surface area contributed by atoms with E-state index in [0.717, 1.165) is 23.7 Å². The molecule has 38 heavy (non-hydrogen) atoms. The van der Waals surface area contributed by atoms with Gasteiger partial charge in [-0.05, 0) is 123 Å². The SMILES string of the molecule is CC1(c2ccc(Nc3ccc4c(c3)[Si](C)(C)c3ccc(-c5ccccc5)cc3-4)cc2)CC2CC3CC(C1)C32. The van der Waals surface area contributed by atoms with Crippen LogP contribution in [0.3, 0.4) is 0 Å². The number of anilines is 2. The molecule has 4 aromatic rings. The third-order valence-electron chi connectivity index (χ3n) is 10.9. The topological polar surface area (TPSA) is 12.0 Å². The van der Waals surface area contributed by atoms with Gasteiger partial charge in [0.05, 0.1) is 0 Å². The van der Waals surface area contributed by atoms with E-state index in [1.54, 1.807) is 15.9 Å². The van der Waals surface area contributed by atoms with Crippen molar-refractivity contribution in [3.8, 4) is 22.3 Å². The first kappa shape index (κ1) is 22.8. The maximum atomic E-state index is 3.74. The van der Waals surface area contributed by atoms with E-state index in [9.17, 15) is 0 Å². The zero-order chi connectivity index (χ0) is 25.6. The van der Waals surface area contributed by atoms with Crippen LogP contribution in [0, 0.1) is 23.7 Å². The van der Waals surface area contributed by atoms with Crippen molar-refractivity contribution in [3.63, 3.8) is 0 Å². The monoisotopic (exact) mass is 511 g/mol. The maximum absolute atomic E-state index is 3.74. The molecule has 0 radical (unpaired) electrons. The van der Waals surface area contributed by atoms with Gasteiger partial charge in [-0.3, -0.25) is 0 Å². The second kappa shape index (κ2) is 7.96. The van der Waals surface area contributed by atoms with Crippen LogP contribution in [-0.2, 0) is 5.41 Å². The van der Waals surface area contributed by atoms with Gasteiger partial charge in [-0.25, -0.2) is 0 Å². The van der Waals surface area contributed by atoms with Crippen LogP contribution in [0.5, 0.6) is 0 Å². The number of rotatable bonds is 4. The van der Waals surface area contributed by atoms with Crippen molar-refractivity contribution in [2.45, 2.75) is 51.1 Å². The Kier molecular flexibility index (Phi) is 4.78. The van der Waals surface area contributed by atoms with Crippen LogP contribution < -0.4 is 15.7 Å². The van der Waals surface area contributed by atoms with Crippen molar-refractivity contribution in [2.75, 3.05) is 5.32 Å². The third-order valence-corrected chi connectivity index (χ3v) is 14.5. The van der Waals surface area contributed by atoms with Gasteiger partial charge in [-0.2, -0.15) is 0 Å². The number of nitrogens with one attached hydrogen (secondary N) is 1. The molecule has 0 saturated heterocycles. The lowest BCUT2D eigenvalue weighted by atomic mass is 9.39. The highest BCUT2D eigenvalue weighted by molar-refractivity contribution is 7.03. The van der Waals surface area contributed by atoms with E-state index in [4.69, 9.17) is 0 Å². The number of hydrogen-bond donors (Lipinski definition) is 1. The van der Waals surface area contributed by atoms with Crippen LogP contribution in [0.25, 0.3) is 22.3 Å². The standard InChI is InChI=1S/C36H37NSi/c1-36(21-26-17-25-18-27(22-36)35(25)26)28-10-12-29(13-11-28)37-30-14-15-31-32-19-24(23-7-5-4-6-8-23)9-16-33(32)38(2,3)34(31)20-30/h4-16,19-20,25-27,35,37H,17-18,21-22H2,1-3H3. The second-order valence-electron chi connectivity index (χ2n) is 13.5. The second-order valence-corrected chi connectivity index (χ2v) is 17.8. The number of benzene rings is 4. The lowest BCUT2D eigenvalue weighted by Crippen LogP contribution is -2.58. The molecule has 1 nitrogen and oxygen atoms in total. The van der Waals surface area contributed by atoms with Gasteiger partial charge in [0.1, 0.15) is 8.07 Å². The Bertz CT molecular complexity index is 1530. The van der Waals surface area contributed by atoms with Crippen molar-refractivity contribution in [3.05, 3.63) is 96.6 Å². The zero-order valence-corrected chi connectivity index (χ0v) is 23.8. The summed E-state index contributed by atoms with van der Waals surface area (Å²) in [6.45, 7) is 7.53. The van der Waals surface area contributed by atoms with Gasteiger partial charge in [0.15, 0.2) is 0 Å².